The predicted octanol–water partition coefficient (Wildman–Crippen LogP) is 3.52. The van der Waals surface area contributed by atoms with Crippen molar-refractivity contribution >= 4 is 22.6 Å². The molecule has 25 heavy (non-hydrogen) atoms. The van der Waals surface area contributed by atoms with E-state index < -0.39 is 0 Å². The molecule has 3 aromatic heterocycles. The molecule has 0 saturated heterocycles. The molecule has 3 heterocycles. The van der Waals surface area contributed by atoms with E-state index in [9.17, 15) is 4.79 Å². The summed E-state index contributed by atoms with van der Waals surface area (Å²) in [6, 6.07) is 13.8. The first-order chi connectivity index (χ1) is 12.1. The summed E-state index contributed by atoms with van der Waals surface area (Å²) in [5.74, 6) is 0.259. The van der Waals surface area contributed by atoms with Crippen LogP contribution in [0.15, 0.2) is 54.9 Å². The van der Waals surface area contributed by atoms with Crippen molar-refractivity contribution in [2.24, 2.45) is 7.05 Å². The summed E-state index contributed by atoms with van der Waals surface area (Å²) in [6.45, 7) is 2.08. The third-order valence-corrected chi connectivity index (χ3v) is 4.23. The molecule has 0 bridgehead atoms. The summed E-state index contributed by atoms with van der Waals surface area (Å²) in [4.78, 5) is 20.0. The Morgan fingerprint density at radius 1 is 1.20 bits per heavy atom. The van der Waals surface area contributed by atoms with Crippen molar-refractivity contribution in [2.75, 3.05) is 5.32 Å². The number of anilines is 1. The second-order valence-corrected chi connectivity index (χ2v) is 5.95. The molecule has 0 aliphatic heterocycles. The fourth-order valence-electron chi connectivity index (χ4n) is 2.89. The van der Waals surface area contributed by atoms with Gasteiger partial charge in [0.15, 0.2) is 0 Å². The standard InChI is InChI=1S/C19H17N5O/c1-12-5-3-4-6-14(12)16-9-13-11-20-18(10-15(13)22-16)23-19(25)17-7-8-21-24(17)2/h3-11,22H,1-2H3,(H,20,23,25). The number of nitrogens with zero attached hydrogens (tertiary/aromatic N) is 3. The number of carbonyl (C=O) groups excluding carboxylic acids is 1. The molecule has 0 aliphatic rings. The van der Waals surface area contributed by atoms with E-state index in [-0.39, 0.29) is 5.91 Å². The van der Waals surface area contributed by atoms with Crippen molar-refractivity contribution < 1.29 is 4.79 Å². The van der Waals surface area contributed by atoms with E-state index in [1.807, 2.05) is 18.2 Å². The van der Waals surface area contributed by atoms with E-state index in [0.29, 0.717) is 11.5 Å². The van der Waals surface area contributed by atoms with Crippen LogP contribution in [0.1, 0.15) is 16.1 Å². The number of benzene rings is 1. The van der Waals surface area contributed by atoms with Crippen molar-refractivity contribution in [3.05, 3.63) is 66.1 Å². The minimum absolute atomic E-state index is 0.238. The summed E-state index contributed by atoms with van der Waals surface area (Å²) >= 11 is 0. The van der Waals surface area contributed by atoms with E-state index >= 15 is 0 Å². The molecule has 1 aromatic carbocycles. The number of nitrogens with one attached hydrogen (secondary N) is 2. The van der Waals surface area contributed by atoms with Crippen LogP contribution in [0, 0.1) is 6.92 Å². The zero-order valence-electron chi connectivity index (χ0n) is 13.9. The summed E-state index contributed by atoms with van der Waals surface area (Å²) in [5, 5.41) is 7.81. The van der Waals surface area contributed by atoms with Crippen LogP contribution in [-0.4, -0.2) is 25.7 Å². The molecule has 0 fully saturated rings. The van der Waals surface area contributed by atoms with Crippen LogP contribution in [0.5, 0.6) is 0 Å². The number of aromatic amines is 1. The smallest absolute Gasteiger partial charge is 0.275 e. The number of aryl methyl sites for hydroxylation is 2. The van der Waals surface area contributed by atoms with E-state index in [1.54, 1.807) is 25.5 Å². The van der Waals surface area contributed by atoms with Gasteiger partial charge in [-0.3, -0.25) is 9.48 Å². The molecular formula is C19H17N5O. The van der Waals surface area contributed by atoms with Crippen LogP contribution in [0.3, 0.4) is 0 Å². The molecule has 0 unspecified atom stereocenters. The van der Waals surface area contributed by atoms with Crippen molar-refractivity contribution in [3.8, 4) is 11.3 Å². The second-order valence-electron chi connectivity index (χ2n) is 5.95. The van der Waals surface area contributed by atoms with Gasteiger partial charge in [0, 0.05) is 42.2 Å². The number of carbonyl (C=O) groups is 1. The first-order valence-electron chi connectivity index (χ1n) is 7.96. The zero-order chi connectivity index (χ0) is 17.4. The Kier molecular flexibility index (Phi) is 3.57. The van der Waals surface area contributed by atoms with Crippen LogP contribution in [0.2, 0.25) is 0 Å². The zero-order valence-corrected chi connectivity index (χ0v) is 13.9. The number of hydrogen-bond donors (Lipinski definition) is 2. The van der Waals surface area contributed by atoms with Gasteiger partial charge in [0.2, 0.25) is 0 Å². The van der Waals surface area contributed by atoms with Crippen LogP contribution in [-0.2, 0) is 7.05 Å². The number of fused-ring (bicyclic) bond motifs is 1. The van der Waals surface area contributed by atoms with Crippen molar-refractivity contribution in [1.29, 1.82) is 0 Å². The molecule has 6 heteroatoms. The fourth-order valence-corrected chi connectivity index (χ4v) is 2.89. The molecule has 0 spiro atoms. The van der Waals surface area contributed by atoms with Crippen molar-refractivity contribution in [3.63, 3.8) is 0 Å². The van der Waals surface area contributed by atoms with Gasteiger partial charge in [0.25, 0.3) is 5.91 Å². The summed E-state index contributed by atoms with van der Waals surface area (Å²) in [5.41, 5.74) is 4.79. The normalized spacial score (nSPS) is 11.0. The highest BCUT2D eigenvalue weighted by Gasteiger charge is 2.12. The molecule has 124 valence electrons. The summed E-state index contributed by atoms with van der Waals surface area (Å²) in [6.07, 6.45) is 3.34. The Hall–Kier alpha value is -3.41. The van der Waals surface area contributed by atoms with Gasteiger partial charge < -0.3 is 10.3 Å². The summed E-state index contributed by atoms with van der Waals surface area (Å²) < 4.78 is 1.53. The predicted molar refractivity (Wildman–Crippen MR) is 97.4 cm³/mol. The van der Waals surface area contributed by atoms with Gasteiger partial charge in [-0.15, -0.1) is 0 Å². The molecule has 6 nitrogen and oxygen atoms in total. The van der Waals surface area contributed by atoms with E-state index in [2.05, 4.69) is 45.5 Å². The van der Waals surface area contributed by atoms with Crippen LogP contribution in [0.25, 0.3) is 22.2 Å². The molecular weight excluding hydrogens is 314 g/mol. The maximum Gasteiger partial charge on any atom is 0.275 e. The van der Waals surface area contributed by atoms with Crippen LogP contribution in [0.4, 0.5) is 5.82 Å². The largest absolute Gasteiger partial charge is 0.354 e. The van der Waals surface area contributed by atoms with E-state index in [4.69, 9.17) is 0 Å². The van der Waals surface area contributed by atoms with Crippen molar-refractivity contribution in [2.45, 2.75) is 6.92 Å². The number of hydrogen-bond acceptors (Lipinski definition) is 3. The molecule has 2 N–H and O–H groups in total. The van der Waals surface area contributed by atoms with Gasteiger partial charge in [-0.2, -0.15) is 5.10 Å². The SMILES string of the molecule is Cc1ccccc1-c1cc2cnc(NC(=O)c3ccnn3C)cc2[nH]1. The fraction of sp³-hybridized carbons (Fsp3) is 0.105. The topological polar surface area (TPSA) is 75.6 Å². The monoisotopic (exact) mass is 331 g/mol. The number of H-pyrrole nitrogens is 1. The lowest BCUT2D eigenvalue weighted by Gasteiger charge is -2.04. The maximum absolute atomic E-state index is 12.3. The highest BCUT2D eigenvalue weighted by Crippen LogP contribution is 2.27. The molecule has 0 aliphatic carbocycles. The molecule has 0 radical (unpaired) electrons. The maximum atomic E-state index is 12.3. The van der Waals surface area contributed by atoms with Crippen LogP contribution >= 0.6 is 0 Å². The van der Waals surface area contributed by atoms with Gasteiger partial charge in [0.05, 0.1) is 5.52 Å². The number of rotatable bonds is 3. The van der Waals surface area contributed by atoms with Gasteiger partial charge in [0.1, 0.15) is 11.5 Å². The lowest BCUT2D eigenvalue weighted by Crippen LogP contribution is -2.16. The van der Waals surface area contributed by atoms with Gasteiger partial charge >= 0.3 is 0 Å². The Labute approximate surface area is 144 Å². The lowest BCUT2D eigenvalue weighted by molar-refractivity contribution is 0.101. The average Bonchev–Trinajstić information content (AvgIpc) is 3.20. The summed E-state index contributed by atoms with van der Waals surface area (Å²) in [7, 11) is 1.73. The highest BCUT2D eigenvalue weighted by atomic mass is 16.2. The first-order valence-corrected chi connectivity index (χ1v) is 7.96. The lowest BCUT2D eigenvalue weighted by atomic mass is 10.1. The first kappa shape index (κ1) is 15.1. The number of pyridine rings is 1. The molecule has 0 atom stereocenters. The average molecular weight is 331 g/mol. The quantitative estimate of drug-likeness (QED) is 0.603. The van der Waals surface area contributed by atoms with Crippen molar-refractivity contribution in [1.82, 2.24) is 19.7 Å². The Balaban J connectivity index is 1.66. The molecule has 4 rings (SSSR count). The minimum Gasteiger partial charge on any atom is -0.354 e. The molecule has 0 saturated carbocycles. The number of aromatic nitrogens is 4. The van der Waals surface area contributed by atoms with Gasteiger partial charge in [-0.05, 0) is 24.6 Å². The highest BCUT2D eigenvalue weighted by molar-refractivity contribution is 6.03. The second kappa shape index (κ2) is 5.90. The Morgan fingerprint density at radius 2 is 2.04 bits per heavy atom. The van der Waals surface area contributed by atoms with Gasteiger partial charge in [-0.25, -0.2) is 4.98 Å². The third kappa shape index (κ3) is 2.78. The van der Waals surface area contributed by atoms with E-state index in [0.717, 1.165) is 22.2 Å². The van der Waals surface area contributed by atoms with Gasteiger partial charge in [-0.1, -0.05) is 24.3 Å². The minimum atomic E-state index is -0.238. The number of amides is 1. The third-order valence-electron chi connectivity index (χ3n) is 4.23. The molecule has 1 amide bonds. The van der Waals surface area contributed by atoms with E-state index in [1.165, 1.54) is 10.2 Å². The van der Waals surface area contributed by atoms with Crippen LogP contribution < -0.4 is 5.32 Å². The molecule has 4 aromatic rings. The Bertz CT molecular complexity index is 1080. The Morgan fingerprint density at radius 3 is 2.80 bits per heavy atom.